The van der Waals surface area contributed by atoms with Crippen molar-refractivity contribution in [2.75, 3.05) is 0 Å². The van der Waals surface area contributed by atoms with Gasteiger partial charge < -0.3 is 25.5 Å². The first-order valence-corrected chi connectivity index (χ1v) is 13.4. The van der Waals surface area contributed by atoms with Crippen LogP contribution in [-0.2, 0) is 4.79 Å². The zero-order valence-corrected chi connectivity index (χ0v) is 22.7. The second-order valence-electron chi connectivity index (χ2n) is 11.4. The molecule has 0 fully saturated rings. The van der Waals surface area contributed by atoms with Gasteiger partial charge in [-0.2, -0.15) is 0 Å². The molecule has 0 unspecified atom stereocenters. The van der Waals surface area contributed by atoms with E-state index in [9.17, 15) is 30.3 Å². The van der Waals surface area contributed by atoms with E-state index in [1.54, 1.807) is 0 Å². The first kappa shape index (κ1) is 31.4. The normalized spacial score (nSPS) is 18.0. The molecule has 7 atom stereocenters. The summed E-state index contributed by atoms with van der Waals surface area (Å²) >= 11 is 0. The van der Waals surface area contributed by atoms with Crippen molar-refractivity contribution in [2.45, 2.75) is 111 Å². The maximum absolute atomic E-state index is 12.1. The van der Waals surface area contributed by atoms with E-state index in [-0.39, 0.29) is 29.8 Å². The number of benzene rings is 1. The van der Waals surface area contributed by atoms with E-state index >= 15 is 0 Å². The molecule has 1 aromatic carbocycles. The van der Waals surface area contributed by atoms with Crippen LogP contribution >= 0.6 is 0 Å². The molecule has 0 spiro atoms. The van der Waals surface area contributed by atoms with Crippen molar-refractivity contribution in [3.05, 3.63) is 23.8 Å². The van der Waals surface area contributed by atoms with Gasteiger partial charge in [-0.05, 0) is 80.4 Å². The van der Waals surface area contributed by atoms with Gasteiger partial charge in [0.2, 0.25) is 0 Å². The Kier molecular flexibility index (Phi) is 13.9. The fraction of sp³-hybridized carbons (Fsp3) is 0.759. The summed E-state index contributed by atoms with van der Waals surface area (Å²) in [5.41, 5.74) is 0.343. The van der Waals surface area contributed by atoms with Gasteiger partial charge in [-0.15, -0.1) is 0 Å². The molecule has 1 aromatic rings. The Balaban J connectivity index is 2.62. The van der Waals surface area contributed by atoms with E-state index in [0.717, 1.165) is 25.7 Å². The third-order valence-electron chi connectivity index (χ3n) is 7.02. The van der Waals surface area contributed by atoms with Crippen molar-refractivity contribution in [1.82, 2.24) is 0 Å². The summed E-state index contributed by atoms with van der Waals surface area (Å²) in [5, 5.41) is 52.1. The second kappa shape index (κ2) is 15.5. The predicted molar refractivity (Wildman–Crippen MR) is 140 cm³/mol. The second-order valence-corrected chi connectivity index (χ2v) is 11.4. The van der Waals surface area contributed by atoms with Gasteiger partial charge in [-0.3, -0.25) is 4.79 Å². The van der Waals surface area contributed by atoms with Gasteiger partial charge in [-0.25, -0.2) is 0 Å². The van der Waals surface area contributed by atoms with Gasteiger partial charge in [0.15, 0.2) is 0 Å². The summed E-state index contributed by atoms with van der Waals surface area (Å²) in [6.45, 7) is 12.4. The molecule has 1 rings (SSSR count). The molecule has 0 saturated carbocycles. The predicted octanol–water partition coefficient (Wildman–Crippen LogP) is 5.74. The number of hydrogen-bond donors (Lipinski definition) is 5. The van der Waals surface area contributed by atoms with E-state index in [0.29, 0.717) is 42.4 Å². The Hall–Kier alpha value is -1.63. The summed E-state index contributed by atoms with van der Waals surface area (Å²) in [4.78, 5) is 12.1. The Morgan fingerprint density at radius 2 is 1.40 bits per heavy atom. The van der Waals surface area contributed by atoms with Crippen molar-refractivity contribution < 1.29 is 30.3 Å². The Morgan fingerprint density at radius 1 is 0.800 bits per heavy atom. The highest BCUT2D eigenvalue weighted by molar-refractivity contribution is 5.80. The number of aliphatic hydroxyl groups is 3. The number of Topliss-reactive ketones (excluding diaryl/α,β-unsaturated/α-hetero) is 1. The first-order chi connectivity index (χ1) is 16.3. The molecule has 6 nitrogen and oxygen atoms in total. The summed E-state index contributed by atoms with van der Waals surface area (Å²) in [5.74, 6) is 0.649. The van der Waals surface area contributed by atoms with Crippen LogP contribution in [0.4, 0.5) is 0 Å². The Bertz CT molecular complexity index is 728. The molecule has 5 N–H and O–H groups in total. The average molecular weight is 495 g/mol. The molecule has 0 aliphatic rings. The minimum atomic E-state index is -1.07. The SMILES string of the molecule is CCCC(=O)[C@@H](C)C[C@@H](C)C[C@@H](C)CC[C@H](O)C[C@H](O)[C@H](CC(C)C)[C@H](O)c1cc(O)cc(O)c1. The molecule has 0 saturated heterocycles. The molecule has 0 aliphatic heterocycles. The third-order valence-corrected chi connectivity index (χ3v) is 7.02. The minimum absolute atomic E-state index is 0.0932. The molecular weight excluding hydrogens is 444 g/mol. The van der Waals surface area contributed by atoms with Gasteiger partial charge in [0.25, 0.3) is 0 Å². The smallest absolute Gasteiger partial charge is 0.135 e. The first-order valence-electron chi connectivity index (χ1n) is 13.4. The standard InChI is InChI=1S/C29H50O6/c1-7-8-27(33)21(6)13-20(5)12-19(4)9-10-23(30)17-28(34)26(11-18(2)3)29(35)22-14-24(31)16-25(32)15-22/h14-16,18-21,23,26,28-32,34-35H,7-13,17H2,1-6H3/t19-,20-,21-,23-,26-,28-,29+/m0/s1. The summed E-state index contributed by atoms with van der Waals surface area (Å²) in [7, 11) is 0. The molecule has 0 bridgehead atoms. The van der Waals surface area contributed by atoms with Crippen molar-refractivity contribution in [3.63, 3.8) is 0 Å². The zero-order chi connectivity index (χ0) is 26.7. The number of ketones is 1. The molecule has 35 heavy (non-hydrogen) atoms. The quantitative estimate of drug-likeness (QED) is 0.188. The van der Waals surface area contributed by atoms with Crippen LogP contribution in [-0.4, -0.2) is 43.5 Å². The fourth-order valence-electron chi connectivity index (χ4n) is 5.25. The average Bonchev–Trinajstić information content (AvgIpc) is 2.74. The lowest BCUT2D eigenvalue weighted by molar-refractivity contribution is -0.122. The molecule has 0 heterocycles. The number of phenolic OH excluding ortho intramolecular Hbond substituents is 2. The summed E-state index contributed by atoms with van der Waals surface area (Å²) < 4.78 is 0. The van der Waals surface area contributed by atoms with Gasteiger partial charge in [0.1, 0.15) is 17.3 Å². The number of rotatable bonds is 17. The third kappa shape index (κ3) is 11.8. The molecule has 0 radical (unpaired) electrons. The molecule has 202 valence electrons. The van der Waals surface area contributed by atoms with Crippen LogP contribution in [0, 0.1) is 29.6 Å². The highest BCUT2D eigenvalue weighted by Gasteiger charge is 2.31. The van der Waals surface area contributed by atoms with Crippen LogP contribution in [0.2, 0.25) is 0 Å². The fourth-order valence-corrected chi connectivity index (χ4v) is 5.25. The lowest BCUT2D eigenvalue weighted by atomic mass is 9.81. The van der Waals surface area contributed by atoms with Gasteiger partial charge in [0, 0.05) is 24.3 Å². The number of carbonyl (C=O) groups excluding carboxylic acids is 1. The number of phenols is 2. The van der Waals surface area contributed by atoms with Crippen LogP contribution in [0.15, 0.2) is 18.2 Å². The maximum atomic E-state index is 12.1. The molecule has 0 aliphatic carbocycles. The summed E-state index contributed by atoms with van der Waals surface area (Å²) in [6, 6.07) is 3.97. The van der Waals surface area contributed by atoms with Gasteiger partial charge in [0.05, 0.1) is 18.3 Å². The Labute approximate surface area is 212 Å². The zero-order valence-electron chi connectivity index (χ0n) is 22.7. The molecule has 6 heteroatoms. The van der Waals surface area contributed by atoms with E-state index < -0.39 is 24.2 Å². The van der Waals surface area contributed by atoms with Crippen LogP contribution < -0.4 is 0 Å². The monoisotopic (exact) mass is 494 g/mol. The highest BCUT2D eigenvalue weighted by atomic mass is 16.3. The van der Waals surface area contributed by atoms with E-state index in [2.05, 4.69) is 13.8 Å². The van der Waals surface area contributed by atoms with Crippen molar-refractivity contribution >= 4 is 5.78 Å². The lowest BCUT2D eigenvalue weighted by Crippen LogP contribution is -2.31. The van der Waals surface area contributed by atoms with Crippen LogP contribution in [0.25, 0.3) is 0 Å². The van der Waals surface area contributed by atoms with Gasteiger partial charge >= 0.3 is 0 Å². The molecule has 0 aromatic heterocycles. The topological polar surface area (TPSA) is 118 Å². The van der Waals surface area contributed by atoms with Crippen molar-refractivity contribution in [3.8, 4) is 11.5 Å². The number of aliphatic hydroxyl groups excluding tert-OH is 3. The number of aromatic hydroxyl groups is 2. The van der Waals surface area contributed by atoms with Crippen molar-refractivity contribution in [2.24, 2.45) is 29.6 Å². The Morgan fingerprint density at radius 3 is 1.94 bits per heavy atom. The van der Waals surface area contributed by atoms with E-state index in [1.807, 2.05) is 27.7 Å². The summed E-state index contributed by atoms with van der Waals surface area (Å²) in [6.07, 6.45) is 2.82. The number of carbonyl (C=O) groups is 1. The van der Waals surface area contributed by atoms with E-state index in [1.165, 1.54) is 18.2 Å². The molecular formula is C29H50O6. The van der Waals surface area contributed by atoms with Gasteiger partial charge in [-0.1, -0.05) is 41.5 Å². The lowest BCUT2D eigenvalue weighted by Gasteiger charge is -2.31. The number of hydrogen-bond acceptors (Lipinski definition) is 6. The maximum Gasteiger partial charge on any atom is 0.135 e. The largest absolute Gasteiger partial charge is 0.508 e. The van der Waals surface area contributed by atoms with Crippen LogP contribution in [0.3, 0.4) is 0 Å². The van der Waals surface area contributed by atoms with Crippen molar-refractivity contribution in [1.29, 1.82) is 0 Å². The molecule has 0 amide bonds. The van der Waals surface area contributed by atoms with E-state index in [4.69, 9.17) is 0 Å². The van der Waals surface area contributed by atoms with Crippen LogP contribution in [0.5, 0.6) is 11.5 Å². The minimum Gasteiger partial charge on any atom is -0.508 e. The van der Waals surface area contributed by atoms with Crippen LogP contribution in [0.1, 0.15) is 105 Å². The highest BCUT2D eigenvalue weighted by Crippen LogP contribution is 2.35.